The van der Waals surface area contributed by atoms with Crippen LogP contribution in [0.25, 0.3) is 0 Å². The predicted molar refractivity (Wildman–Crippen MR) is 119 cm³/mol. The van der Waals surface area contributed by atoms with E-state index in [1.165, 1.54) is 11.1 Å². The Hall–Kier alpha value is -1.20. The van der Waals surface area contributed by atoms with Crippen LogP contribution in [0.1, 0.15) is 39.5 Å². The summed E-state index contributed by atoms with van der Waals surface area (Å²) in [6.45, 7) is 22.3. The summed E-state index contributed by atoms with van der Waals surface area (Å²) in [5.74, 6) is 0. The monoisotopic (exact) mass is 388 g/mol. The van der Waals surface area contributed by atoms with E-state index in [1.54, 1.807) is 11.1 Å². The molecule has 0 atom stereocenters. The molecule has 0 aliphatic carbocycles. The fourth-order valence-electron chi connectivity index (χ4n) is 4.04. The summed E-state index contributed by atoms with van der Waals surface area (Å²) >= 11 is 0. The lowest BCUT2D eigenvalue weighted by Crippen LogP contribution is -2.37. The Morgan fingerprint density at radius 1 is 0.714 bits per heavy atom. The quantitative estimate of drug-likeness (QED) is 0.495. The lowest BCUT2D eigenvalue weighted by molar-refractivity contribution is 0.0420. The highest BCUT2D eigenvalue weighted by atomic mass is 16.5. The molecule has 0 saturated carbocycles. The topological polar surface area (TPSA) is 24.9 Å². The molecule has 158 valence electrons. The molecule has 0 bridgehead atoms. The number of morpholine rings is 2. The summed E-state index contributed by atoms with van der Waals surface area (Å²) in [6, 6.07) is 0. The summed E-state index contributed by atoms with van der Waals surface area (Å²) in [7, 11) is 0. The van der Waals surface area contributed by atoms with Crippen molar-refractivity contribution in [3.05, 3.63) is 47.6 Å². The summed E-state index contributed by atoms with van der Waals surface area (Å²) in [5, 5.41) is 0. The van der Waals surface area contributed by atoms with Crippen LogP contribution in [0.15, 0.2) is 47.6 Å². The van der Waals surface area contributed by atoms with Crippen LogP contribution in [0, 0.1) is 0 Å². The Morgan fingerprint density at radius 3 is 1.39 bits per heavy atom. The second-order valence-corrected chi connectivity index (χ2v) is 8.03. The van der Waals surface area contributed by atoms with Crippen molar-refractivity contribution in [1.82, 2.24) is 9.80 Å². The van der Waals surface area contributed by atoms with Gasteiger partial charge in [-0.05, 0) is 39.5 Å². The van der Waals surface area contributed by atoms with Crippen molar-refractivity contribution in [1.29, 1.82) is 0 Å². The van der Waals surface area contributed by atoms with Crippen LogP contribution < -0.4 is 0 Å². The SMILES string of the molecule is C=CCC(CCC(CC=C)=C(C)CN1CCOCC1)=C(C)CN1CCOCC1. The Bertz CT molecular complexity index is 503. The van der Waals surface area contributed by atoms with E-state index in [4.69, 9.17) is 9.47 Å². The van der Waals surface area contributed by atoms with Crippen molar-refractivity contribution in [3.8, 4) is 0 Å². The van der Waals surface area contributed by atoms with Gasteiger partial charge in [-0.2, -0.15) is 0 Å². The molecule has 0 amide bonds. The zero-order valence-corrected chi connectivity index (χ0v) is 18.2. The van der Waals surface area contributed by atoms with Gasteiger partial charge in [-0.15, -0.1) is 13.2 Å². The molecule has 2 rings (SSSR count). The fourth-order valence-corrected chi connectivity index (χ4v) is 4.04. The third-order valence-electron chi connectivity index (χ3n) is 5.85. The van der Waals surface area contributed by atoms with Gasteiger partial charge in [0.1, 0.15) is 0 Å². The highest BCUT2D eigenvalue weighted by Gasteiger charge is 2.14. The average molecular weight is 389 g/mol. The second kappa shape index (κ2) is 13.1. The van der Waals surface area contributed by atoms with Gasteiger partial charge < -0.3 is 9.47 Å². The van der Waals surface area contributed by atoms with E-state index in [1.807, 2.05) is 0 Å². The second-order valence-electron chi connectivity index (χ2n) is 8.03. The Kier molecular flexibility index (Phi) is 10.8. The van der Waals surface area contributed by atoms with Gasteiger partial charge in [0.25, 0.3) is 0 Å². The van der Waals surface area contributed by atoms with Crippen molar-refractivity contribution >= 4 is 0 Å². The molecule has 0 aromatic heterocycles. The maximum absolute atomic E-state index is 5.48. The van der Waals surface area contributed by atoms with Gasteiger partial charge in [-0.3, -0.25) is 9.80 Å². The van der Waals surface area contributed by atoms with Gasteiger partial charge in [-0.25, -0.2) is 0 Å². The van der Waals surface area contributed by atoms with Crippen LogP contribution in [0.2, 0.25) is 0 Å². The molecule has 0 radical (unpaired) electrons. The summed E-state index contributed by atoms with van der Waals surface area (Å²) in [4.78, 5) is 5.01. The summed E-state index contributed by atoms with van der Waals surface area (Å²) in [5.41, 5.74) is 6.10. The van der Waals surface area contributed by atoms with Crippen LogP contribution in [0.3, 0.4) is 0 Å². The first kappa shape index (κ1) is 23.1. The largest absolute Gasteiger partial charge is 0.379 e. The molecule has 2 saturated heterocycles. The van der Waals surface area contributed by atoms with Crippen LogP contribution in [-0.2, 0) is 9.47 Å². The Morgan fingerprint density at radius 2 is 1.07 bits per heavy atom. The van der Waals surface area contributed by atoms with E-state index in [0.29, 0.717) is 0 Å². The van der Waals surface area contributed by atoms with Crippen molar-refractivity contribution in [2.45, 2.75) is 39.5 Å². The molecule has 0 aromatic rings. The molecule has 0 unspecified atom stereocenters. The van der Waals surface area contributed by atoms with Crippen molar-refractivity contribution in [2.24, 2.45) is 0 Å². The number of ether oxygens (including phenoxy) is 2. The molecule has 0 spiro atoms. The molecule has 2 aliphatic rings. The molecule has 0 N–H and O–H groups in total. The number of nitrogens with zero attached hydrogens (tertiary/aromatic N) is 2. The van der Waals surface area contributed by atoms with Gasteiger partial charge in [0.2, 0.25) is 0 Å². The summed E-state index contributed by atoms with van der Waals surface area (Å²) in [6.07, 6.45) is 8.31. The summed E-state index contributed by atoms with van der Waals surface area (Å²) < 4.78 is 11.0. The molecular weight excluding hydrogens is 348 g/mol. The fraction of sp³-hybridized carbons (Fsp3) is 0.667. The lowest BCUT2D eigenvalue weighted by Gasteiger charge is -2.28. The maximum Gasteiger partial charge on any atom is 0.0594 e. The number of hydrogen-bond acceptors (Lipinski definition) is 4. The van der Waals surface area contributed by atoms with E-state index in [2.05, 4.69) is 49.0 Å². The Balaban J connectivity index is 1.99. The molecule has 2 aliphatic heterocycles. The van der Waals surface area contributed by atoms with E-state index in [9.17, 15) is 0 Å². The van der Waals surface area contributed by atoms with Gasteiger partial charge in [0.15, 0.2) is 0 Å². The van der Waals surface area contributed by atoms with Crippen molar-refractivity contribution < 1.29 is 9.47 Å². The smallest absolute Gasteiger partial charge is 0.0594 e. The minimum absolute atomic E-state index is 0.858. The molecule has 2 fully saturated rings. The maximum atomic E-state index is 5.48. The standard InChI is InChI=1S/C24H40N2O2/c1-5-7-23(21(3)19-25-11-15-27-16-12-25)9-10-24(8-6-2)22(4)20-26-13-17-28-18-14-26/h5-6H,1-2,7-20H2,3-4H3. The van der Waals surface area contributed by atoms with Gasteiger partial charge >= 0.3 is 0 Å². The first-order chi connectivity index (χ1) is 13.6. The van der Waals surface area contributed by atoms with E-state index < -0.39 is 0 Å². The normalized spacial score (nSPS) is 21.1. The number of hydrogen-bond donors (Lipinski definition) is 0. The zero-order valence-electron chi connectivity index (χ0n) is 18.2. The van der Waals surface area contributed by atoms with Gasteiger partial charge in [0.05, 0.1) is 26.4 Å². The van der Waals surface area contributed by atoms with Crippen LogP contribution in [0.4, 0.5) is 0 Å². The molecule has 2 heterocycles. The minimum atomic E-state index is 0.858. The predicted octanol–water partition coefficient (Wildman–Crippen LogP) is 4.22. The van der Waals surface area contributed by atoms with E-state index in [-0.39, 0.29) is 0 Å². The lowest BCUT2D eigenvalue weighted by atomic mass is 9.94. The van der Waals surface area contributed by atoms with Crippen LogP contribution >= 0.6 is 0 Å². The number of allylic oxidation sites excluding steroid dienone is 4. The van der Waals surface area contributed by atoms with E-state index in [0.717, 1.165) is 91.4 Å². The van der Waals surface area contributed by atoms with Crippen LogP contribution in [0.5, 0.6) is 0 Å². The van der Waals surface area contributed by atoms with Crippen molar-refractivity contribution in [3.63, 3.8) is 0 Å². The van der Waals surface area contributed by atoms with Gasteiger partial charge in [0, 0.05) is 39.3 Å². The molecular formula is C24H40N2O2. The highest BCUT2D eigenvalue weighted by molar-refractivity contribution is 5.22. The molecule has 0 aromatic carbocycles. The zero-order chi connectivity index (χ0) is 20.2. The number of rotatable bonds is 11. The van der Waals surface area contributed by atoms with Crippen molar-refractivity contribution in [2.75, 3.05) is 65.7 Å². The minimum Gasteiger partial charge on any atom is -0.379 e. The molecule has 4 nitrogen and oxygen atoms in total. The first-order valence-corrected chi connectivity index (χ1v) is 10.8. The average Bonchev–Trinajstić information content (AvgIpc) is 2.71. The molecule has 28 heavy (non-hydrogen) atoms. The van der Waals surface area contributed by atoms with Gasteiger partial charge in [-0.1, -0.05) is 34.4 Å². The Labute approximate surface area is 172 Å². The van der Waals surface area contributed by atoms with Crippen LogP contribution in [-0.4, -0.2) is 75.5 Å². The highest BCUT2D eigenvalue weighted by Crippen LogP contribution is 2.24. The third-order valence-corrected chi connectivity index (χ3v) is 5.85. The first-order valence-electron chi connectivity index (χ1n) is 10.8. The van der Waals surface area contributed by atoms with E-state index >= 15 is 0 Å². The molecule has 4 heteroatoms. The third kappa shape index (κ3) is 8.04.